The van der Waals surface area contributed by atoms with Crippen LogP contribution in [0.5, 0.6) is 5.75 Å². The van der Waals surface area contributed by atoms with Crippen LogP contribution in [-0.4, -0.2) is 16.0 Å². The van der Waals surface area contributed by atoms with Gasteiger partial charge in [0.15, 0.2) is 0 Å². The minimum Gasteiger partial charge on any atom is -0.872 e. The van der Waals surface area contributed by atoms with Crippen molar-refractivity contribution in [3.8, 4) is 5.75 Å². The summed E-state index contributed by atoms with van der Waals surface area (Å²) in [5, 5.41) is 46.4. The van der Waals surface area contributed by atoms with Gasteiger partial charge in [-0.3, -0.25) is 20.1 Å². The standard InChI is InChI=1S/C21H26N3O6/c1-20(2,3)16-9-13(10-17(18(16)25)21(4,5)6)22-19(26)12-7-14(23(27)28)11-15(8-12)24(29)30/h7-11,25,27H,1-6H3,(H,22,26)/q-1/p-1. The lowest BCUT2D eigenvalue weighted by atomic mass is 9.79. The minimum absolute atomic E-state index is 0.104. The van der Waals surface area contributed by atoms with Gasteiger partial charge >= 0.3 is 0 Å². The van der Waals surface area contributed by atoms with Gasteiger partial charge in [0.25, 0.3) is 11.6 Å². The van der Waals surface area contributed by atoms with E-state index in [1.807, 2.05) is 41.5 Å². The van der Waals surface area contributed by atoms with Crippen molar-refractivity contribution in [2.45, 2.75) is 52.4 Å². The third kappa shape index (κ3) is 5.05. The number of carbonyl (C=O) groups is 1. The highest BCUT2D eigenvalue weighted by molar-refractivity contribution is 6.05. The van der Waals surface area contributed by atoms with Crippen LogP contribution in [0.3, 0.4) is 0 Å². The number of hydrogen-bond acceptors (Lipinski definition) is 7. The smallest absolute Gasteiger partial charge is 0.272 e. The molecule has 0 saturated heterocycles. The maximum atomic E-state index is 13.0. The zero-order chi connectivity index (χ0) is 23.0. The lowest BCUT2D eigenvalue weighted by molar-refractivity contribution is -0.384. The highest BCUT2D eigenvalue weighted by Gasteiger charge is 2.23. The second-order valence-electron chi connectivity index (χ2n) is 9.12. The maximum Gasteiger partial charge on any atom is 0.272 e. The molecule has 0 aliphatic rings. The highest BCUT2D eigenvalue weighted by atomic mass is 16.8. The molecule has 0 atom stereocenters. The summed E-state index contributed by atoms with van der Waals surface area (Å²) in [6, 6.07) is 6.05. The van der Waals surface area contributed by atoms with Crippen LogP contribution >= 0.6 is 0 Å². The van der Waals surface area contributed by atoms with Gasteiger partial charge in [-0.25, -0.2) is 0 Å². The summed E-state index contributed by atoms with van der Waals surface area (Å²) < 4.78 is 0. The van der Waals surface area contributed by atoms with Crippen molar-refractivity contribution in [2.75, 3.05) is 10.5 Å². The molecule has 2 N–H and O–H groups in total. The normalized spacial score (nSPS) is 11.9. The summed E-state index contributed by atoms with van der Waals surface area (Å²) in [4.78, 5) is 23.1. The fourth-order valence-electron chi connectivity index (χ4n) is 2.96. The van der Waals surface area contributed by atoms with E-state index < -0.39 is 38.3 Å². The SMILES string of the molecule is CC(C)(C)c1cc(NC(=O)c2cc(N([O-])O)cc([N+](=O)[O-])c2)cc(C(C)(C)C)c1[O-]. The number of rotatable bonds is 4. The van der Waals surface area contributed by atoms with Crippen LogP contribution in [0.25, 0.3) is 0 Å². The van der Waals surface area contributed by atoms with E-state index in [2.05, 4.69) is 5.32 Å². The number of nitro groups is 1. The number of anilines is 2. The number of hydrogen-bond donors (Lipinski definition) is 2. The zero-order valence-corrected chi connectivity index (χ0v) is 17.8. The second kappa shape index (κ2) is 7.92. The van der Waals surface area contributed by atoms with Crippen molar-refractivity contribution < 1.29 is 20.0 Å². The molecule has 0 saturated carbocycles. The van der Waals surface area contributed by atoms with Crippen molar-refractivity contribution in [2.24, 2.45) is 0 Å². The summed E-state index contributed by atoms with van der Waals surface area (Å²) in [5.74, 6) is -0.826. The van der Waals surface area contributed by atoms with Gasteiger partial charge in [0, 0.05) is 23.4 Å². The Morgan fingerprint density at radius 1 is 1.00 bits per heavy atom. The second-order valence-corrected chi connectivity index (χ2v) is 9.12. The zero-order valence-electron chi connectivity index (χ0n) is 17.8. The Balaban J connectivity index is 2.55. The van der Waals surface area contributed by atoms with Crippen molar-refractivity contribution in [3.63, 3.8) is 0 Å². The molecule has 2 aromatic carbocycles. The first-order valence-corrected chi connectivity index (χ1v) is 9.24. The number of non-ortho nitro benzene ring substituents is 1. The van der Waals surface area contributed by atoms with Crippen LogP contribution in [0.15, 0.2) is 30.3 Å². The van der Waals surface area contributed by atoms with E-state index in [4.69, 9.17) is 5.21 Å². The predicted octanol–water partition coefficient (Wildman–Crippen LogP) is 4.21. The molecule has 0 unspecified atom stereocenters. The topological polar surface area (TPSA) is 142 Å². The fourth-order valence-corrected chi connectivity index (χ4v) is 2.96. The molecule has 30 heavy (non-hydrogen) atoms. The van der Waals surface area contributed by atoms with Gasteiger partial charge in [-0.05, 0) is 40.2 Å². The monoisotopic (exact) mass is 415 g/mol. The molecule has 2 aromatic rings. The van der Waals surface area contributed by atoms with Gasteiger partial charge in [0.1, 0.15) is 0 Å². The van der Waals surface area contributed by atoms with Gasteiger partial charge in [-0.15, -0.1) is 5.75 Å². The Hall–Kier alpha value is -3.17. The number of nitrogens with zero attached hydrogens (tertiary/aromatic N) is 2. The van der Waals surface area contributed by atoms with E-state index in [1.165, 1.54) is 0 Å². The molecule has 0 aliphatic heterocycles. The third-order valence-electron chi connectivity index (χ3n) is 4.56. The first-order valence-electron chi connectivity index (χ1n) is 9.24. The van der Waals surface area contributed by atoms with E-state index in [9.17, 15) is 25.2 Å². The average molecular weight is 415 g/mol. The third-order valence-corrected chi connectivity index (χ3v) is 4.56. The molecule has 0 radical (unpaired) electrons. The molecule has 162 valence electrons. The molecule has 0 spiro atoms. The van der Waals surface area contributed by atoms with Crippen LogP contribution in [0.1, 0.15) is 63.0 Å². The number of nitro benzene ring substituents is 1. The predicted molar refractivity (Wildman–Crippen MR) is 112 cm³/mol. The first kappa shape index (κ1) is 23.1. The molecule has 9 nitrogen and oxygen atoms in total. The molecular weight excluding hydrogens is 390 g/mol. The van der Waals surface area contributed by atoms with E-state index >= 15 is 0 Å². The number of carbonyl (C=O) groups excluding carboxylic acids is 1. The summed E-state index contributed by atoms with van der Waals surface area (Å²) in [5.41, 5.74) is -0.715. The average Bonchev–Trinajstić information content (AvgIpc) is 2.60. The Morgan fingerprint density at radius 2 is 1.50 bits per heavy atom. The number of nitrogens with one attached hydrogen (secondary N) is 1. The van der Waals surface area contributed by atoms with Crippen LogP contribution in [0.4, 0.5) is 17.1 Å². The fraction of sp³-hybridized carbons (Fsp3) is 0.381. The largest absolute Gasteiger partial charge is 0.872 e. The van der Waals surface area contributed by atoms with Crippen LogP contribution in [-0.2, 0) is 10.8 Å². The molecule has 1 amide bonds. The van der Waals surface area contributed by atoms with Crippen LogP contribution in [0.2, 0.25) is 0 Å². The van der Waals surface area contributed by atoms with Gasteiger partial charge in [-0.1, -0.05) is 41.5 Å². The summed E-state index contributed by atoms with van der Waals surface area (Å²) in [7, 11) is 0. The molecule has 0 bridgehead atoms. The summed E-state index contributed by atoms with van der Waals surface area (Å²) >= 11 is 0. The molecule has 2 rings (SSSR count). The van der Waals surface area contributed by atoms with Crippen molar-refractivity contribution in [1.82, 2.24) is 0 Å². The molecular formula is C21H25N3O6-2. The molecule has 0 aromatic heterocycles. The summed E-state index contributed by atoms with van der Waals surface area (Å²) in [6.07, 6.45) is 0. The van der Waals surface area contributed by atoms with Gasteiger partial charge in [0.05, 0.1) is 10.6 Å². The van der Waals surface area contributed by atoms with Gasteiger partial charge in [0.2, 0.25) is 0 Å². The van der Waals surface area contributed by atoms with Crippen LogP contribution in [0, 0.1) is 15.3 Å². The van der Waals surface area contributed by atoms with E-state index in [-0.39, 0.29) is 11.3 Å². The molecule has 9 heteroatoms. The minimum atomic E-state index is -0.772. The van der Waals surface area contributed by atoms with Gasteiger partial charge in [-0.2, -0.15) is 0 Å². The lowest BCUT2D eigenvalue weighted by Gasteiger charge is -2.34. The molecule has 0 fully saturated rings. The van der Waals surface area contributed by atoms with Crippen molar-refractivity contribution in [3.05, 3.63) is 62.3 Å². The summed E-state index contributed by atoms with van der Waals surface area (Å²) in [6.45, 7) is 11.3. The molecule has 0 aliphatic carbocycles. The quantitative estimate of drug-likeness (QED) is 0.562. The van der Waals surface area contributed by atoms with E-state index in [0.717, 1.165) is 18.2 Å². The maximum absolute atomic E-state index is 13.0. The molecule has 0 heterocycles. The highest BCUT2D eigenvalue weighted by Crippen LogP contribution is 2.39. The van der Waals surface area contributed by atoms with Crippen LogP contribution < -0.4 is 15.6 Å². The Morgan fingerprint density at radius 3 is 1.90 bits per heavy atom. The number of benzene rings is 2. The Kier molecular flexibility index (Phi) is 6.10. The Bertz CT molecular complexity index is 952. The van der Waals surface area contributed by atoms with E-state index in [0.29, 0.717) is 16.8 Å². The van der Waals surface area contributed by atoms with Crippen molar-refractivity contribution >= 4 is 23.0 Å². The lowest BCUT2D eigenvalue weighted by Crippen LogP contribution is -2.22. The number of amides is 1. The van der Waals surface area contributed by atoms with Crippen molar-refractivity contribution in [1.29, 1.82) is 0 Å². The first-order chi connectivity index (χ1) is 13.6. The van der Waals surface area contributed by atoms with Gasteiger partial charge < -0.3 is 20.9 Å². The Labute approximate surface area is 174 Å². The van der Waals surface area contributed by atoms with E-state index in [1.54, 1.807) is 12.1 Å².